The molecule has 0 aliphatic carbocycles. The number of ether oxygens (including phenoxy) is 1. The third-order valence-corrected chi connectivity index (χ3v) is 5.40. The van der Waals surface area contributed by atoms with Gasteiger partial charge in [0, 0.05) is 12.6 Å². The van der Waals surface area contributed by atoms with E-state index in [0.29, 0.717) is 22.0 Å². The lowest BCUT2D eigenvalue weighted by Crippen LogP contribution is -3.08. The SMILES string of the molecule is CCOC(=O)c1c(NC(=O)C[NH+](C)Cc2ccc(F)cc2)sc(C(=O)NC)c1C. The monoisotopic (exact) mass is 422 g/mol. The number of benzene rings is 1. The summed E-state index contributed by atoms with van der Waals surface area (Å²) >= 11 is 1.04. The quantitative estimate of drug-likeness (QED) is 0.561. The van der Waals surface area contributed by atoms with Crippen molar-refractivity contribution in [2.75, 3.05) is 32.6 Å². The maximum atomic E-state index is 13.0. The summed E-state index contributed by atoms with van der Waals surface area (Å²) in [6.07, 6.45) is 0. The van der Waals surface area contributed by atoms with Crippen LogP contribution in [0.2, 0.25) is 0 Å². The molecule has 1 heterocycles. The molecule has 1 aromatic carbocycles. The van der Waals surface area contributed by atoms with Gasteiger partial charge in [-0.2, -0.15) is 0 Å². The Morgan fingerprint density at radius 1 is 1.21 bits per heavy atom. The molecule has 9 heteroatoms. The molecule has 0 saturated heterocycles. The number of anilines is 1. The van der Waals surface area contributed by atoms with Crippen LogP contribution in [-0.2, 0) is 16.1 Å². The molecule has 0 aliphatic heterocycles. The molecular weight excluding hydrogens is 397 g/mol. The van der Waals surface area contributed by atoms with Gasteiger partial charge in [-0.3, -0.25) is 9.59 Å². The lowest BCUT2D eigenvalue weighted by molar-refractivity contribution is -0.885. The number of quaternary nitrogens is 1. The second-order valence-corrected chi connectivity index (χ2v) is 7.57. The van der Waals surface area contributed by atoms with E-state index in [2.05, 4.69) is 10.6 Å². The van der Waals surface area contributed by atoms with E-state index in [4.69, 9.17) is 4.74 Å². The Kier molecular flexibility index (Phi) is 7.86. The average molecular weight is 423 g/mol. The molecule has 2 rings (SSSR count). The third kappa shape index (κ3) is 5.85. The summed E-state index contributed by atoms with van der Waals surface area (Å²) in [5.41, 5.74) is 1.56. The number of halogens is 1. The average Bonchev–Trinajstić information content (AvgIpc) is 2.98. The summed E-state index contributed by atoms with van der Waals surface area (Å²) in [7, 11) is 3.34. The van der Waals surface area contributed by atoms with E-state index >= 15 is 0 Å². The van der Waals surface area contributed by atoms with Crippen LogP contribution in [0.5, 0.6) is 0 Å². The Hall–Kier alpha value is -2.78. The van der Waals surface area contributed by atoms with Gasteiger partial charge in [0.2, 0.25) is 0 Å². The molecular formula is C20H25FN3O4S+. The Labute approximate surface area is 172 Å². The largest absolute Gasteiger partial charge is 0.462 e. The Bertz CT molecular complexity index is 896. The highest BCUT2D eigenvalue weighted by Crippen LogP contribution is 2.33. The van der Waals surface area contributed by atoms with E-state index in [9.17, 15) is 18.8 Å². The molecule has 0 fully saturated rings. The number of esters is 1. The Morgan fingerprint density at radius 2 is 1.86 bits per heavy atom. The maximum Gasteiger partial charge on any atom is 0.341 e. The van der Waals surface area contributed by atoms with Crippen molar-refractivity contribution < 1.29 is 28.4 Å². The van der Waals surface area contributed by atoms with Crippen LogP contribution in [0.4, 0.5) is 9.39 Å². The molecule has 3 N–H and O–H groups in total. The molecule has 0 radical (unpaired) electrons. The van der Waals surface area contributed by atoms with E-state index in [0.717, 1.165) is 21.8 Å². The van der Waals surface area contributed by atoms with Gasteiger partial charge in [-0.05, 0) is 31.5 Å². The summed E-state index contributed by atoms with van der Waals surface area (Å²) in [6, 6.07) is 6.10. The highest BCUT2D eigenvalue weighted by atomic mass is 32.1. The first kappa shape index (κ1) is 22.5. The van der Waals surface area contributed by atoms with E-state index < -0.39 is 5.97 Å². The number of likely N-dealkylation sites (N-methyl/N-ethyl adjacent to an activating group) is 1. The van der Waals surface area contributed by atoms with E-state index in [1.807, 2.05) is 7.05 Å². The molecule has 1 unspecified atom stereocenters. The summed E-state index contributed by atoms with van der Waals surface area (Å²) in [5.74, 6) is -1.54. The number of hydrogen-bond acceptors (Lipinski definition) is 5. The van der Waals surface area contributed by atoms with Gasteiger partial charge in [0.1, 0.15) is 17.4 Å². The van der Waals surface area contributed by atoms with Crippen molar-refractivity contribution in [2.24, 2.45) is 0 Å². The molecule has 29 heavy (non-hydrogen) atoms. The summed E-state index contributed by atoms with van der Waals surface area (Å²) in [5, 5.41) is 5.55. The van der Waals surface area contributed by atoms with E-state index in [1.165, 1.54) is 19.2 Å². The van der Waals surface area contributed by atoms with Gasteiger partial charge in [-0.1, -0.05) is 12.1 Å². The minimum absolute atomic E-state index is 0.131. The van der Waals surface area contributed by atoms with Crippen molar-refractivity contribution in [3.8, 4) is 0 Å². The normalized spacial score (nSPS) is 11.6. The number of rotatable bonds is 8. The van der Waals surface area contributed by atoms with Crippen molar-refractivity contribution in [3.63, 3.8) is 0 Å². The van der Waals surface area contributed by atoms with Gasteiger partial charge in [0.05, 0.1) is 24.1 Å². The van der Waals surface area contributed by atoms with Crippen LogP contribution < -0.4 is 15.5 Å². The highest BCUT2D eigenvalue weighted by Gasteiger charge is 2.26. The number of carbonyl (C=O) groups excluding carboxylic acids is 3. The van der Waals surface area contributed by atoms with Crippen LogP contribution in [0, 0.1) is 12.7 Å². The predicted octanol–water partition coefficient (Wildman–Crippen LogP) is 1.39. The van der Waals surface area contributed by atoms with Gasteiger partial charge in [-0.15, -0.1) is 11.3 Å². The predicted molar refractivity (Wildman–Crippen MR) is 109 cm³/mol. The first-order valence-corrected chi connectivity index (χ1v) is 9.96. The molecule has 2 amide bonds. The van der Waals surface area contributed by atoms with Crippen molar-refractivity contribution in [1.82, 2.24) is 5.32 Å². The summed E-state index contributed by atoms with van der Waals surface area (Å²) < 4.78 is 18.1. The molecule has 7 nitrogen and oxygen atoms in total. The Balaban J connectivity index is 2.14. The second kappa shape index (κ2) is 10.1. The number of hydrogen-bond donors (Lipinski definition) is 3. The number of nitrogens with one attached hydrogen (secondary N) is 3. The standard InChI is InChI=1S/C20H24FN3O4S/c1-5-28-20(27)16-12(2)17(18(26)22-3)29-19(16)23-15(25)11-24(4)10-13-6-8-14(21)9-7-13/h6-9H,5,10-11H2,1-4H3,(H,22,26)(H,23,25)/p+1. The van der Waals surface area contributed by atoms with E-state index in [1.54, 1.807) is 26.0 Å². The van der Waals surface area contributed by atoms with Crippen LogP contribution in [-0.4, -0.2) is 45.0 Å². The Morgan fingerprint density at radius 3 is 2.45 bits per heavy atom. The molecule has 0 saturated carbocycles. The molecule has 0 aliphatic rings. The van der Waals surface area contributed by atoms with Crippen LogP contribution in [0.3, 0.4) is 0 Å². The topological polar surface area (TPSA) is 88.9 Å². The number of carbonyl (C=O) groups is 3. The van der Waals surface area contributed by atoms with Gasteiger partial charge < -0.3 is 20.3 Å². The third-order valence-electron chi connectivity index (χ3n) is 4.19. The van der Waals surface area contributed by atoms with Crippen LogP contribution in [0.15, 0.2) is 24.3 Å². The van der Waals surface area contributed by atoms with Crippen molar-refractivity contribution >= 4 is 34.1 Å². The van der Waals surface area contributed by atoms with Crippen LogP contribution in [0.1, 0.15) is 38.1 Å². The van der Waals surface area contributed by atoms with Gasteiger partial charge in [0.15, 0.2) is 6.54 Å². The highest BCUT2D eigenvalue weighted by molar-refractivity contribution is 7.18. The van der Waals surface area contributed by atoms with Gasteiger partial charge >= 0.3 is 5.97 Å². The summed E-state index contributed by atoms with van der Waals surface area (Å²) in [6.45, 7) is 4.18. The first-order chi connectivity index (χ1) is 13.8. The van der Waals surface area contributed by atoms with Crippen LogP contribution in [0.25, 0.3) is 0 Å². The van der Waals surface area contributed by atoms with Gasteiger partial charge in [-0.25, -0.2) is 9.18 Å². The van der Waals surface area contributed by atoms with Crippen LogP contribution >= 0.6 is 11.3 Å². The maximum absolute atomic E-state index is 13.0. The zero-order valence-electron chi connectivity index (χ0n) is 16.8. The molecule has 2 aromatic rings. The lowest BCUT2D eigenvalue weighted by Gasteiger charge is -2.14. The fourth-order valence-electron chi connectivity index (χ4n) is 2.84. The van der Waals surface area contributed by atoms with Crippen molar-refractivity contribution in [2.45, 2.75) is 20.4 Å². The lowest BCUT2D eigenvalue weighted by atomic mass is 10.1. The molecule has 0 spiro atoms. The summed E-state index contributed by atoms with van der Waals surface area (Å²) in [4.78, 5) is 38.2. The molecule has 0 bridgehead atoms. The van der Waals surface area contributed by atoms with Crippen molar-refractivity contribution in [3.05, 3.63) is 51.7 Å². The molecule has 156 valence electrons. The fourth-order valence-corrected chi connectivity index (χ4v) is 4.00. The number of thiophene rings is 1. The van der Waals surface area contributed by atoms with Crippen molar-refractivity contribution in [1.29, 1.82) is 0 Å². The zero-order valence-corrected chi connectivity index (χ0v) is 17.7. The molecule has 1 aromatic heterocycles. The minimum atomic E-state index is -0.585. The van der Waals surface area contributed by atoms with Gasteiger partial charge in [0.25, 0.3) is 11.8 Å². The van der Waals surface area contributed by atoms with E-state index in [-0.39, 0.29) is 36.3 Å². The molecule has 1 atom stereocenters. The zero-order chi connectivity index (χ0) is 21.6. The fraction of sp³-hybridized carbons (Fsp3) is 0.350. The minimum Gasteiger partial charge on any atom is -0.462 e. The second-order valence-electron chi connectivity index (χ2n) is 6.55. The smallest absolute Gasteiger partial charge is 0.341 e. The first-order valence-electron chi connectivity index (χ1n) is 9.15. The number of amides is 2.